The number of nitro groups is 1. The van der Waals surface area contributed by atoms with Gasteiger partial charge in [-0.1, -0.05) is 0 Å². The summed E-state index contributed by atoms with van der Waals surface area (Å²) in [5, 5.41) is 22.5. The summed E-state index contributed by atoms with van der Waals surface area (Å²) in [7, 11) is 0. The van der Waals surface area contributed by atoms with Crippen LogP contribution in [0.3, 0.4) is 0 Å². The first-order valence-corrected chi connectivity index (χ1v) is 7.66. The summed E-state index contributed by atoms with van der Waals surface area (Å²) in [4.78, 5) is 33.6. The van der Waals surface area contributed by atoms with Gasteiger partial charge in [-0.2, -0.15) is 0 Å². The summed E-state index contributed by atoms with van der Waals surface area (Å²) in [5.74, 6) is -0.967. The first kappa shape index (κ1) is 20.2. The number of rotatable bonds is 7. The molecule has 1 atom stereocenters. The lowest BCUT2D eigenvalue weighted by atomic mass is 10.0. The highest BCUT2D eigenvalue weighted by Crippen LogP contribution is 2.25. The van der Waals surface area contributed by atoms with Crippen LogP contribution in [0.4, 0.5) is 10.5 Å². The monoisotopic (exact) mass is 354 g/mol. The van der Waals surface area contributed by atoms with Crippen molar-refractivity contribution in [2.45, 2.75) is 45.8 Å². The Morgan fingerprint density at radius 1 is 1.36 bits per heavy atom. The standard InChI is InChI=1S/C16H22N2O7/c1-5-24-13-7-6-11(18(22)23)8-10(13)9-12(14(19)20)17-15(21)25-16(2,3)4/h6-8,12H,5,9H2,1-4H3,(H,17,21)(H,19,20)/t12-/m0/s1. The van der Waals surface area contributed by atoms with E-state index in [1.807, 2.05) is 0 Å². The molecule has 1 aromatic rings. The van der Waals surface area contributed by atoms with Crippen LogP contribution in [-0.2, 0) is 16.0 Å². The van der Waals surface area contributed by atoms with E-state index in [1.165, 1.54) is 18.2 Å². The highest BCUT2D eigenvalue weighted by molar-refractivity contribution is 5.80. The van der Waals surface area contributed by atoms with E-state index in [0.29, 0.717) is 17.9 Å². The van der Waals surface area contributed by atoms with Crippen molar-refractivity contribution < 1.29 is 29.1 Å². The number of carboxylic acids is 1. The second-order valence-corrected chi connectivity index (χ2v) is 6.22. The van der Waals surface area contributed by atoms with Gasteiger partial charge in [0.2, 0.25) is 0 Å². The van der Waals surface area contributed by atoms with Crippen molar-refractivity contribution in [2.75, 3.05) is 6.61 Å². The van der Waals surface area contributed by atoms with Crippen LogP contribution >= 0.6 is 0 Å². The number of hydrogen-bond acceptors (Lipinski definition) is 6. The predicted molar refractivity (Wildman–Crippen MR) is 88.8 cm³/mol. The van der Waals surface area contributed by atoms with Crippen molar-refractivity contribution in [3.05, 3.63) is 33.9 Å². The zero-order valence-corrected chi connectivity index (χ0v) is 14.6. The summed E-state index contributed by atoms with van der Waals surface area (Å²) in [6, 6.07) is 2.59. The van der Waals surface area contributed by atoms with E-state index < -0.39 is 28.6 Å². The van der Waals surface area contributed by atoms with Gasteiger partial charge < -0.3 is 19.9 Å². The van der Waals surface area contributed by atoms with Gasteiger partial charge in [0.25, 0.3) is 5.69 Å². The lowest BCUT2D eigenvalue weighted by Gasteiger charge is -2.22. The third-order valence-corrected chi connectivity index (χ3v) is 2.97. The second-order valence-electron chi connectivity index (χ2n) is 6.22. The molecule has 25 heavy (non-hydrogen) atoms. The minimum absolute atomic E-state index is 0.189. The van der Waals surface area contributed by atoms with Crippen molar-refractivity contribution in [1.29, 1.82) is 0 Å². The van der Waals surface area contributed by atoms with Crippen molar-refractivity contribution in [2.24, 2.45) is 0 Å². The van der Waals surface area contributed by atoms with Gasteiger partial charge >= 0.3 is 12.1 Å². The number of nitrogens with one attached hydrogen (secondary N) is 1. The molecule has 0 aliphatic heterocycles. The first-order valence-electron chi connectivity index (χ1n) is 7.66. The van der Waals surface area contributed by atoms with Gasteiger partial charge in [0.05, 0.1) is 11.5 Å². The zero-order chi connectivity index (χ0) is 19.2. The Morgan fingerprint density at radius 2 is 2.00 bits per heavy atom. The number of nitro benzene ring substituents is 1. The molecule has 0 aliphatic carbocycles. The van der Waals surface area contributed by atoms with E-state index in [9.17, 15) is 24.8 Å². The zero-order valence-electron chi connectivity index (χ0n) is 14.6. The Kier molecular flexibility index (Phi) is 6.72. The number of amides is 1. The fourth-order valence-corrected chi connectivity index (χ4v) is 2.01. The van der Waals surface area contributed by atoms with Crippen molar-refractivity contribution >= 4 is 17.7 Å². The molecule has 1 amide bonds. The molecule has 0 aromatic heterocycles. The highest BCUT2D eigenvalue weighted by atomic mass is 16.6. The van der Waals surface area contributed by atoms with Crippen LogP contribution in [0.1, 0.15) is 33.3 Å². The average molecular weight is 354 g/mol. The molecule has 0 bridgehead atoms. The fraction of sp³-hybridized carbons (Fsp3) is 0.500. The molecule has 0 heterocycles. The SMILES string of the molecule is CCOc1ccc([N+](=O)[O-])cc1C[C@H](NC(=O)OC(C)(C)C)C(=O)O. The van der Waals surface area contributed by atoms with E-state index in [0.717, 1.165) is 0 Å². The lowest BCUT2D eigenvalue weighted by molar-refractivity contribution is -0.384. The quantitative estimate of drug-likeness (QED) is 0.568. The minimum Gasteiger partial charge on any atom is -0.494 e. The van der Waals surface area contributed by atoms with Gasteiger partial charge in [-0.05, 0) is 33.8 Å². The number of benzene rings is 1. The van der Waals surface area contributed by atoms with Crippen molar-refractivity contribution in [3.8, 4) is 5.75 Å². The van der Waals surface area contributed by atoms with Crippen molar-refractivity contribution in [1.82, 2.24) is 5.32 Å². The lowest BCUT2D eigenvalue weighted by Crippen LogP contribution is -2.44. The number of carbonyl (C=O) groups is 2. The molecular weight excluding hydrogens is 332 g/mol. The Hall–Kier alpha value is -2.84. The Balaban J connectivity index is 3.04. The molecule has 0 radical (unpaired) electrons. The molecule has 0 fully saturated rings. The number of non-ortho nitro benzene ring substituents is 1. The fourth-order valence-electron chi connectivity index (χ4n) is 2.01. The maximum atomic E-state index is 11.8. The van der Waals surface area contributed by atoms with Crippen LogP contribution in [0.25, 0.3) is 0 Å². The van der Waals surface area contributed by atoms with E-state index in [-0.39, 0.29) is 12.1 Å². The summed E-state index contributed by atoms with van der Waals surface area (Å²) in [6.07, 6.45) is -1.07. The van der Waals surface area contributed by atoms with Crippen LogP contribution < -0.4 is 10.1 Å². The van der Waals surface area contributed by atoms with Gasteiger partial charge in [-0.25, -0.2) is 9.59 Å². The summed E-state index contributed by atoms with van der Waals surface area (Å²) < 4.78 is 10.4. The van der Waals surface area contributed by atoms with Gasteiger partial charge in [0.1, 0.15) is 17.4 Å². The number of ether oxygens (including phenoxy) is 2. The van der Waals surface area contributed by atoms with E-state index in [2.05, 4.69) is 5.32 Å². The largest absolute Gasteiger partial charge is 0.494 e. The van der Waals surface area contributed by atoms with E-state index in [4.69, 9.17) is 9.47 Å². The topological polar surface area (TPSA) is 128 Å². The molecule has 0 saturated heterocycles. The molecule has 2 N–H and O–H groups in total. The number of aliphatic carboxylic acids is 1. The highest BCUT2D eigenvalue weighted by Gasteiger charge is 2.26. The third kappa shape index (κ3) is 6.66. The molecule has 0 unspecified atom stereocenters. The maximum absolute atomic E-state index is 11.8. The predicted octanol–water partition coefficient (Wildman–Crippen LogP) is 2.51. The molecule has 138 valence electrons. The van der Waals surface area contributed by atoms with Crippen LogP contribution in [0.2, 0.25) is 0 Å². The molecule has 0 saturated carbocycles. The molecular formula is C16H22N2O7. The van der Waals surface area contributed by atoms with Crippen LogP contribution in [0, 0.1) is 10.1 Å². The Bertz CT molecular complexity index is 652. The molecule has 0 aliphatic rings. The smallest absolute Gasteiger partial charge is 0.408 e. The van der Waals surface area contributed by atoms with Crippen LogP contribution in [0.15, 0.2) is 18.2 Å². The first-order chi connectivity index (χ1) is 11.5. The van der Waals surface area contributed by atoms with Gasteiger partial charge in [0.15, 0.2) is 0 Å². The number of nitrogens with zero attached hydrogens (tertiary/aromatic N) is 1. The number of alkyl carbamates (subject to hydrolysis) is 1. The van der Waals surface area contributed by atoms with Gasteiger partial charge in [0, 0.05) is 24.1 Å². The van der Waals surface area contributed by atoms with Crippen molar-refractivity contribution in [3.63, 3.8) is 0 Å². The molecule has 1 rings (SSSR count). The molecule has 9 heteroatoms. The van der Waals surface area contributed by atoms with Crippen LogP contribution in [-0.4, -0.2) is 40.3 Å². The molecule has 1 aromatic carbocycles. The van der Waals surface area contributed by atoms with E-state index in [1.54, 1.807) is 27.7 Å². The number of hydrogen-bond donors (Lipinski definition) is 2. The van der Waals surface area contributed by atoms with E-state index >= 15 is 0 Å². The minimum atomic E-state index is -1.32. The average Bonchev–Trinajstić information content (AvgIpc) is 2.46. The van der Waals surface area contributed by atoms with Gasteiger partial charge in [-0.15, -0.1) is 0 Å². The third-order valence-electron chi connectivity index (χ3n) is 2.97. The molecule has 0 spiro atoms. The number of carbonyl (C=O) groups excluding carboxylic acids is 1. The molecule has 9 nitrogen and oxygen atoms in total. The van der Waals surface area contributed by atoms with Gasteiger partial charge in [-0.3, -0.25) is 10.1 Å². The second kappa shape index (κ2) is 8.32. The summed E-state index contributed by atoms with van der Waals surface area (Å²) in [6.45, 7) is 6.99. The number of carboxylic acid groups (broad SMARTS) is 1. The summed E-state index contributed by atoms with van der Waals surface area (Å²) >= 11 is 0. The normalized spacial score (nSPS) is 12.2. The maximum Gasteiger partial charge on any atom is 0.408 e. The summed E-state index contributed by atoms with van der Waals surface area (Å²) in [5.41, 5.74) is -0.672. The Labute approximate surface area is 145 Å². The Morgan fingerprint density at radius 3 is 2.48 bits per heavy atom. The van der Waals surface area contributed by atoms with Crippen LogP contribution in [0.5, 0.6) is 5.75 Å².